The number of carbonyl (C=O) groups is 3. The number of rotatable bonds is 3. The number of fused-ring (bicyclic) bond motifs is 3. The molecule has 0 saturated carbocycles. The summed E-state index contributed by atoms with van der Waals surface area (Å²) in [6, 6.07) is 12.6. The Bertz CT molecular complexity index is 849. The lowest BCUT2D eigenvalue weighted by Gasteiger charge is -2.18. The van der Waals surface area contributed by atoms with Crippen molar-refractivity contribution in [1.29, 1.82) is 0 Å². The maximum absolute atomic E-state index is 12.2. The van der Waals surface area contributed by atoms with Gasteiger partial charge in [-0.1, -0.05) is 54.2 Å². The summed E-state index contributed by atoms with van der Waals surface area (Å²) in [4.78, 5) is 35.3. The zero-order valence-electron chi connectivity index (χ0n) is 12.5. The van der Waals surface area contributed by atoms with Gasteiger partial charge in [0.2, 0.25) is 11.6 Å². The fourth-order valence-corrected chi connectivity index (χ4v) is 3.02. The van der Waals surface area contributed by atoms with Gasteiger partial charge in [0, 0.05) is 23.8 Å². The Kier molecular flexibility index (Phi) is 4.26. The molecule has 0 saturated heterocycles. The molecule has 0 N–H and O–H groups in total. The first-order valence-electron chi connectivity index (χ1n) is 7.20. The molecule has 0 spiro atoms. The van der Waals surface area contributed by atoms with E-state index in [0.717, 1.165) is 16.7 Å². The number of Topliss-reactive ketones (excluding diaryl/α,β-unsaturated/α-hetero) is 2. The number of benzene rings is 2. The minimum Gasteiger partial charge on any atom is -0.288 e. The van der Waals surface area contributed by atoms with E-state index in [2.05, 4.69) is 0 Å². The van der Waals surface area contributed by atoms with Gasteiger partial charge in [-0.05, 0) is 28.8 Å². The molecule has 3 nitrogen and oxygen atoms in total. The van der Waals surface area contributed by atoms with Crippen molar-refractivity contribution in [3.05, 3.63) is 65.2 Å². The van der Waals surface area contributed by atoms with Crippen molar-refractivity contribution in [2.45, 2.75) is 6.92 Å². The molecule has 0 aromatic heterocycles. The first kappa shape index (κ1) is 15.4. The second-order valence-corrected chi connectivity index (χ2v) is 6.41. The van der Waals surface area contributed by atoms with Crippen LogP contribution in [-0.4, -0.2) is 22.4 Å². The van der Waals surface area contributed by atoms with Gasteiger partial charge in [0.05, 0.1) is 0 Å². The third-order valence-electron chi connectivity index (χ3n) is 3.65. The first-order valence-corrected chi connectivity index (χ1v) is 8.19. The standard InChI is InChI=1S/C19H14O3S/c1-12(20)23-10-4-5-13-8-9-16-17(11-13)14-6-2-3-7-15(14)18(21)19(16)22/h2-9,11H,10H2,1H3. The van der Waals surface area contributed by atoms with Gasteiger partial charge in [-0.25, -0.2) is 0 Å². The van der Waals surface area contributed by atoms with Crippen LogP contribution < -0.4 is 0 Å². The molecule has 0 unspecified atom stereocenters. The number of thioether (sulfide) groups is 1. The van der Waals surface area contributed by atoms with Crippen LogP contribution in [-0.2, 0) is 4.79 Å². The number of hydrogen-bond donors (Lipinski definition) is 0. The van der Waals surface area contributed by atoms with Crippen LogP contribution in [0.1, 0.15) is 33.2 Å². The zero-order valence-corrected chi connectivity index (χ0v) is 13.4. The molecule has 0 bridgehead atoms. The summed E-state index contributed by atoms with van der Waals surface area (Å²) < 4.78 is 0. The molecular weight excluding hydrogens is 308 g/mol. The summed E-state index contributed by atoms with van der Waals surface area (Å²) in [5.74, 6) is -0.295. The van der Waals surface area contributed by atoms with Crippen LogP contribution in [0.2, 0.25) is 0 Å². The molecule has 2 aromatic rings. The molecule has 23 heavy (non-hydrogen) atoms. The molecule has 1 aliphatic carbocycles. The van der Waals surface area contributed by atoms with Crippen LogP contribution in [0.15, 0.2) is 48.5 Å². The Morgan fingerprint density at radius 2 is 1.61 bits per heavy atom. The summed E-state index contributed by atoms with van der Waals surface area (Å²) in [6.45, 7) is 1.54. The van der Waals surface area contributed by atoms with E-state index in [-0.39, 0.29) is 5.12 Å². The lowest BCUT2D eigenvalue weighted by molar-refractivity contribution is -0.109. The molecular formula is C19H14O3S. The van der Waals surface area contributed by atoms with Gasteiger partial charge in [0.15, 0.2) is 5.12 Å². The monoisotopic (exact) mass is 322 g/mol. The molecule has 2 aromatic carbocycles. The van der Waals surface area contributed by atoms with E-state index in [4.69, 9.17) is 0 Å². The van der Waals surface area contributed by atoms with Crippen molar-refractivity contribution < 1.29 is 14.4 Å². The summed E-state index contributed by atoms with van der Waals surface area (Å²) >= 11 is 1.24. The fraction of sp³-hybridized carbons (Fsp3) is 0.105. The smallest absolute Gasteiger partial charge is 0.234 e. The predicted molar refractivity (Wildman–Crippen MR) is 92.7 cm³/mol. The van der Waals surface area contributed by atoms with E-state index < -0.39 is 11.6 Å². The molecule has 0 aliphatic heterocycles. The molecule has 1 aliphatic rings. The SMILES string of the molecule is CC(=O)SCC=Cc1ccc2c(c1)-c1ccccc1C(=O)C2=O. The normalized spacial score (nSPS) is 13.1. The molecule has 0 radical (unpaired) electrons. The maximum atomic E-state index is 12.2. The lowest BCUT2D eigenvalue weighted by Crippen LogP contribution is -2.21. The Hall–Kier alpha value is -2.46. The fourth-order valence-electron chi connectivity index (χ4n) is 2.60. The second kappa shape index (κ2) is 6.34. The maximum Gasteiger partial charge on any atom is 0.234 e. The van der Waals surface area contributed by atoms with E-state index in [1.165, 1.54) is 18.7 Å². The molecule has 0 atom stereocenters. The highest BCUT2D eigenvalue weighted by atomic mass is 32.2. The summed E-state index contributed by atoms with van der Waals surface area (Å²) in [5.41, 5.74) is 3.42. The van der Waals surface area contributed by atoms with E-state index in [1.807, 2.05) is 36.4 Å². The molecule has 0 amide bonds. The summed E-state index contributed by atoms with van der Waals surface area (Å²) in [5, 5.41) is 0.0816. The van der Waals surface area contributed by atoms with Gasteiger partial charge < -0.3 is 0 Å². The van der Waals surface area contributed by atoms with Crippen molar-refractivity contribution in [3.8, 4) is 11.1 Å². The highest BCUT2D eigenvalue weighted by Crippen LogP contribution is 2.34. The van der Waals surface area contributed by atoms with Crippen molar-refractivity contribution >= 4 is 34.5 Å². The third-order valence-corrected chi connectivity index (χ3v) is 4.42. The van der Waals surface area contributed by atoms with Crippen LogP contribution in [0.4, 0.5) is 0 Å². The Balaban J connectivity index is 1.98. The van der Waals surface area contributed by atoms with Crippen molar-refractivity contribution in [3.63, 3.8) is 0 Å². The Morgan fingerprint density at radius 1 is 0.957 bits per heavy atom. The van der Waals surface area contributed by atoms with Crippen molar-refractivity contribution in [2.24, 2.45) is 0 Å². The minimum absolute atomic E-state index is 0.0816. The molecule has 3 rings (SSSR count). The number of hydrogen-bond acceptors (Lipinski definition) is 4. The van der Waals surface area contributed by atoms with E-state index in [1.54, 1.807) is 18.2 Å². The highest BCUT2D eigenvalue weighted by Gasteiger charge is 2.29. The van der Waals surface area contributed by atoms with Crippen LogP contribution in [0.25, 0.3) is 17.2 Å². The highest BCUT2D eigenvalue weighted by molar-refractivity contribution is 8.13. The second-order valence-electron chi connectivity index (χ2n) is 5.21. The van der Waals surface area contributed by atoms with Gasteiger partial charge in [-0.3, -0.25) is 14.4 Å². The van der Waals surface area contributed by atoms with Gasteiger partial charge in [-0.15, -0.1) is 0 Å². The van der Waals surface area contributed by atoms with Gasteiger partial charge in [0.1, 0.15) is 0 Å². The molecule has 0 heterocycles. The van der Waals surface area contributed by atoms with Crippen LogP contribution in [0.5, 0.6) is 0 Å². The molecule has 4 heteroatoms. The van der Waals surface area contributed by atoms with Crippen LogP contribution >= 0.6 is 11.8 Å². The summed E-state index contributed by atoms with van der Waals surface area (Å²) in [6.07, 6.45) is 3.83. The van der Waals surface area contributed by atoms with E-state index in [9.17, 15) is 14.4 Å². The van der Waals surface area contributed by atoms with Gasteiger partial charge in [0.25, 0.3) is 0 Å². The van der Waals surface area contributed by atoms with Crippen molar-refractivity contribution in [2.75, 3.05) is 5.75 Å². The Morgan fingerprint density at radius 3 is 2.30 bits per heavy atom. The van der Waals surface area contributed by atoms with Gasteiger partial charge in [-0.2, -0.15) is 0 Å². The van der Waals surface area contributed by atoms with Crippen molar-refractivity contribution in [1.82, 2.24) is 0 Å². The predicted octanol–water partition coefficient (Wildman–Crippen LogP) is 4.03. The topological polar surface area (TPSA) is 51.2 Å². The first-order chi connectivity index (χ1) is 11.1. The van der Waals surface area contributed by atoms with E-state index >= 15 is 0 Å². The van der Waals surface area contributed by atoms with E-state index in [0.29, 0.717) is 16.9 Å². The molecule has 0 fully saturated rings. The van der Waals surface area contributed by atoms with Crippen LogP contribution in [0, 0.1) is 0 Å². The number of ketones is 2. The average Bonchev–Trinajstić information content (AvgIpc) is 2.56. The molecule has 114 valence electrons. The Labute approximate surface area is 138 Å². The number of carbonyl (C=O) groups excluding carboxylic acids is 3. The zero-order chi connectivity index (χ0) is 16.4. The lowest BCUT2D eigenvalue weighted by atomic mass is 9.83. The van der Waals surface area contributed by atoms with Gasteiger partial charge >= 0.3 is 0 Å². The average molecular weight is 322 g/mol. The minimum atomic E-state index is -0.457. The summed E-state index contributed by atoms with van der Waals surface area (Å²) in [7, 11) is 0. The largest absolute Gasteiger partial charge is 0.288 e. The third kappa shape index (κ3) is 3.03. The quantitative estimate of drug-likeness (QED) is 0.801. The van der Waals surface area contributed by atoms with Crippen LogP contribution in [0.3, 0.4) is 0 Å².